The highest BCUT2D eigenvalue weighted by Gasteiger charge is 2.16. The summed E-state index contributed by atoms with van der Waals surface area (Å²) in [6.45, 7) is 0. The minimum Gasteiger partial charge on any atom is -0.451 e. The van der Waals surface area contributed by atoms with E-state index in [1.807, 2.05) is 12.1 Å². The van der Waals surface area contributed by atoms with Crippen LogP contribution in [0.15, 0.2) is 36.4 Å². The van der Waals surface area contributed by atoms with Crippen LogP contribution in [0.25, 0.3) is 0 Å². The molecule has 0 bridgehead atoms. The molecule has 2 aromatic carbocycles. The molecule has 21 heavy (non-hydrogen) atoms. The van der Waals surface area contributed by atoms with Crippen LogP contribution in [0.1, 0.15) is 11.1 Å². The molecule has 2 aromatic rings. The fourth-order valence-electron chi connectivity index (χ4n) is 1.62. The largest absolute Gasteiger partial charge is 0.451 e. The molecule has 0 N–H and O–H groups in total. The summed E-state index contributed by atoms with van der Waals surface area (Å²) in [5.74, 6) is -1.35. The van der Waals surface area contributed by atoms with Gasteiger partial charge in [-0.05, 0) is 18.2 Å². The maximum Gasteiger partial charge on any atom is 0.272 e. The minimum absolute atomic E-state index is 0.0619. The van der Waals surface area contributed by atoms with Gasteiger partial charge in [0.15, 0.2) is 17.3 Å². The number of para-hydroxylation sites is 1. The molecule has 0 fully saturated rings. The number of nitro benzene ring substituents is 1. The third-order valence-electron chi connectivity index (χ3n) is 2.59. The Morgan fingerprint density at radius 2 is 1.76 bits per heavy atom. The molecule has 6 nitrogen and oxygen atoms in total. The fraction of sp³-hybridized carbons (Fsp3) is 0. The van der Waals surface area contributed by atoms with Crippen molar-refractivity contribution in [3.63, 3.8) is 0 Å². The second kappa shape index (κ2) is 5.68. The monoisotopic (exact) mass is 283 g/mol. The standard InChI is InChI=1S/C14H6FN3O3/c15-12-6-11(18(19)20)4-5-13(12)21-14-9(7-16)2-1-3-10(14)8-17/h1-6H. The van der Waals surface area contributed by atoms with Gasteiger partial charge in [-0.3, -0.25) is 10.1 Å². The first kappa shape index (κ1) is 14.0. The van der Waals surface area contributed by atoms with E-state index in [1.165, 1.54) is 18.2 Å². The maximum atomic E-state index is 13.8. The zero-order valence-electron chi connectivity index (χ0n) is 10.4. The van der Waals surface area contributed by atoms with Crippen molar-refractivity contribution in [3.05, 3.63) is 63.5 Å². The van der Waals surface area contributed by atoms with E-state index < -0.39 is 16.4 Å². The molecular weight excluding hydrogens is 277 g/mol. The van der Waals surface area contributed by atoms with Gasteiger partial charge in [-0.1, -0.05) is 6.07 Å². The van der Waals surface area contributed by atoms with Gasteiger partial charge in [0.2, 0.25) is 0 Å². The smallest absolute Gasteiger partial charge is 0.272 e. The van der Waals surface area contributed by atoms with Gasteiger partial charge >= 0.3 is 0 Å². The third-order valence-corrected chi connectivity index (χ3v) is 2.59. The Morgan fingerprint density at radius 1 is 1.14 bits per heavy atom. The van der Waals surface area contributed by atoms with Crippen molar-refractivity contribution in [1.29, 1.82) is 10.5 Å². The predicted molar refractivity (Wildman–Crippen MR) is 69.0 cm³/mol. The van der Waals surface area contributed by atoms with Crippen LogP contribution in [0.3, 0.4) is 0 Å². The van der Waals surface area contributed by atoms with E-state index in [0.717, 1.165) is 12.1 Å². The Bertz CT molecular complexity index is 774. The van der Waals surface area contributed by atoms with Crippen LogP contribution >= 0.6 is 0 Å². The summed E-state index contributed by atoms with van der Waals surface area (Å²) < 4.78 is 19.0. The molecule has 7 heteroatoms. The lowest BCUT2D eigenvalue weighted by molar-refractivity contribution is -0.385. The van der Waals surface area contributed by atoms with Crippen LogP contribution in [0, 0.1) is 38.6 Å². The van der Waals surface area contributed by atoms with E-state index in [4.69, 9.17) is 15.3 Å². The van der Waals surface area contributed by atoms with Gasteiger partial charge in [0.25, 0.3) is 5.69 Å². The first-order valence-corrected chi connectivity index (χ1v) is 5.62. The summed E-state index contributed by atoms with van der Waals surface area (Å²) in [5, 5.41) is 28.5. The van der Waals surface area contributed by atoms with Gasteiger partial charge in [0.05, 0.1) is 22.1 Å². The van der Waals surface area contributed by atoms with Crippen molar-refractivity contribution >= 4 is 5.69 Å². The van der Waals surface area contributed by atoms with Crippen LogP contribution in [0.2, 0.25) is 0 Å². The number of nitro groups is 1. The van der Waals surface area contributed by atoms with Crippen LogP contribution < -0.4 is 4.74 Å². The second-order valence-electron chi connectivity index (χ2n) is 3.88. The summed E-state index contributed by atoms with van der Waals surface area (Å²) in [7, 11) is 0. The first-order valence-electron chi connectivity index (χ1n) is 5.62. The van der Waals surface area contributed by atoms with Gasteiger partial charge in [-0.25, -0.2) is 4.39 Å². The van der Waals surface area contributed by atoms with Gasteiger partial charge < -0.3 is 4.74 Å². The van der Waals surface area contributed by atoms with Crippen molar-refractivity contribution in [1.82, 2.24) is 0 Å². The summed E-state index contributed by atoms with van der Waals surface area (Å²) in [4.78, 5) is 9.80. The average Bonchev–Trinajstić information content (AvgIpc) is 2.49. The van der Waals surface area contributed by atoms with E-state index >= 15 is 0 Å². The predicted octanol–water partition coefficient (Wildman–Crippen LogP) is 3.27. The average molecular weight is 283 g/mol. The Kier molecular flexibility index (Phi) is 3.78. The second-order valence-corrected chi connectivity index (χ2v) is 3.88. The van der Waals surface area contributed by atoms with Gasteiger partial charge in [0, 0.05) is 6.07 Å². The molecule has 0 atom stereocenters. The lowest BCUT2D eigenvalue weighted by Crippen LogP contribution is -1.96. The highest BCUT2D eigenvalue weighted by Crippen LogP contribution is 2.31. The first-order chi connectivity index (χ1) is 10.1. The van der Waals surface area contributed by atoms with Crippen LogP contribution in [-0.2, 0) is 0 Å². The molecule has 0 radical (unpaired) electrons. The molecule has 0 aromatic heterocycles. The van der Waals surface area contributed by atoms with Gasteiger partial charge in [0.1, 0.15) is 12.1 Å². The molecule has 0 aliphatic rings. The van der Waals surface area contributed by atoms with Crippen molar-refractivity contribution in [2.24, 2.45) is 0 Å². The number of halogens is 1. The summed E-state index contributed by atoms with van der Waals surface area (Å²) in [5.41, 5.74) is -0.299. The van der Waals surface area contributed by atoms with Gasteiger partial charge in [-0.2, -0.15) is 10.5 Å². The van der Waals surface area contributed by atoms with Gasteiger partial charge in [-0.15, -0.1) is 0 Å². The summed E-state index contributed by atoms with van der Waals surface area (Å²) in [6, 6.07) is 10.8. The zero-order valence-corrected chi connectivity index (χ0v) is 10.4. The van der Waals surface area contributed by atoms with Crippen LogP contribution in [0.5, 0.6) is 11.5 Å². The number of hydrogen-bond donors (Lipinski definition) is 0. The molecule has 0 saturated heterocycles. The number of benzene rings is 2. The molecule has 0 aliphatic carbocycles. The Labute approximate surface area is 118 Å². The quantitative estimate of drug-likeness (QED) is 0.635. The van der Waals surface area contributed by atoms with Crippen molar-refractivity contribution in [2.45, 2.75) is 0 Å². The highest BCUT2D eigenvalue weighted by molar-refractivity contribution is 5.55. The molecule has 102 valence electrons. The van der Waals surface area contributed by atoms with E-state index in [1.54, 1.807) is 0 Å². The molecule has 0 spiro atoms. The fourth-order valence-corrected chi connectivity index (χ4v) is 1.62. The SMILES string of the molecule is N#Cc1cccc(C#N)c1Oc1ccc([N+](=O)[O-])cc1F. The van der Waals surface area contributed by atoms with E-state index in [9.17, 15) is 14.5 Å². The molecule has 0 heterocycles. The maximum absolute atomic E-state index is 13.8. The topological polar surface area (TPSA) is 100.0 Å². The Morgan fingerprint density at radius 3 is 2.24 bits per heavy atom. The van der Waals surface area contributed by atoms with Crippen LogP contribution in [-0.4, -0.2) is 4.92 Å². The molecule has 2 rings (SSSR count). The van der Waals surface area contributed by atoms with Crippen molar-refractivity contribution in [3.8, 4) is 23.6 Å². The van der Waals surface area contributed by atoms with E-state index in [2.05, 4.69) is 0 Å². The number of hydrogen-bond acceptors (Lipinski definition) is 5. The summed E-state index contributed by atoms with van der Waals surface area (Å²) >= 11 is 0. The molecule has 0 saturated carbocycles. The minimum atomic E-state index is -0.958. The third kappa shape index (κ3) is 2.77. The number of nitriles is 2. The van der Waals surface area contributed by atoms with E-state index in [-0.39, 0.29) is 22.6 Å². The van der Waals surface area contributed by atoms with Crippen LogP contribution in [0.4, 0.5) is 10.1 Å². The van der Waals surface area contributed by atoms with Crippen molar-refractivity contribution < 1.29 is 14.1 Å². The zero-order chi connectivity index (χ0) is 15.4. The Balaban J connectivity index is 2.47. The van der Waals surface area contributed by atoms with E-state index in [0.29, 0.717) is 6.07 Å². The number of nitrogens with zero attached hydrogens (tertiary/aromatic N) is 3. The highest BCUT2D eigenvalue weighted by atomic mass is 19.1. The Hall–Kier alpha value is -3.45. The molecule has 0 amide bonds. The lowest BCUT2D eigenvalue weighted by atomic mass is 10.1. The molecule has 0 aliphatic heterocycles. The number of rotatable bonds is 3. The lowest BCUT2D eigenvalue weighted by Gasteiger charge is -2.09. The molecule has 0 unspecified atom stereocenters. The number of ether oxygens (including phenoxy) is 1. The normalized spacial score (nSPS) is 9.48. The number of non-ortho nitro benzene ring substituents is 1. The van der Waals surface area contributed by atoms with Crippen molar-refractivity contribution in [2.75, 3.05) is 0 Å². The molecular formula is C14H6FN3O3. The summed E-state index contributed by atoms with van der Waals surface area (Å²) in [6.07, 6.45) is 0.